The Labute approximate surface area is 71.9 Å². The Hall–Kier alpha value is -0.960. The average molecular weight is 168 g/mol. The van der Waals surface area contributed by atoms with E-state index >= 15 is 0 Å². The molecule has 3 heteroatoms. The molecule has 0 amide bonds. The van der Waals surface area contributed by atoms with Gasteiger partial charge in [0.25, 0.3) is 0 Å². The molecule has 0 heterocycles. The van der Waals surface area contributed by atoms with Gasteiger partial charge in [-0.2, -0.15) is 0 Å². The van der Waals surface area contributed by atoms with E-state index in [0.717, 1.165) is 5.70 Å². The van der Waals surface area contributed by atoms with Crippen LogP contribution in [-0.2, 0) is 0 Å². The first-order chi connectivity index (χ1) is 5.35. The van der Waals surface area contributed by atoms with Gasteiger partial charge in [-0.1, -0.05) is 31.2 Å². The molecule has 0 fully saturated rings. The third-order valence-electron chi connectivity index (χ3n) is 0.882. The van der Waals surface area contributed by atoms with E-state index in [-0.39, 0.29) is 0 Å². The second kappa shape index (κ2) is 7.15. The number of allylic oxidation sites excluding steroid dienone is 3. The molecule has 60 valence electrons. The monoisotopic (exact) mass is 168 g/mol. The second-order valence-corrected chi connectivity index (χ2v) is 2.26. The highest BCUT2D eigenvalue weighted by molar-refractivity contribution is 7.97. The Bertz CT molecular complexity index is 183. The highest BCUT2D eigenvalue weighted by Gasteiger charge is 1.79. The number of rotatable bonds is 5. The molecular weight excluding hydrogens is 156 g/mol. The first kappa shape index (κ1) is 10.0. The molecule has 0 spiro atoms. The van der Waals surface area contributed by atoms with Crippen molar-refractivity contribution in [2.75, 3.05) is 6.26 Å². The highest BCUT2D eigenvalue weighted by atomic mass is 32.2. The van der Waals surface area contributed by atoms with E-state index in [0.29, 0.717) is 0 Å². The summed E-state index contributed by atoms with van der Waals surface area (Å²) in [5.74, 6) is 0. The molecule has 2 nitrogen and oxygen atoms in total. The molecule has 0 bridgehead atoms. The quantitative estimate of drug-likeness (QED) is 0.294. The standard InChI is InChI=1S/C8H12N2S/c1-4-6-8(5-2)9-7-10-11-3/h4-7H,1-2H2,3H3,(H,9,10)/b8-6+. The lowest BCUT2D eigenvalue weighted by atomic mass is 10.4. The van der Waals surface area contributed by atoms with E-state index < -0.39 is 0 Å². The summed E-state index contributed by atoms with van der Waals surface area (Å²) in [7, 11) is 0. The first-order valence-electron chi connectivity index (χ1n) is 3.11. The lowest BCUT2D eigenvalue weighted by molar-refractivity contribution is 1.39. The van der Waals surface area contributed by atoms with Gasteiger partial charge in [0.2, 0.25) is 0 Å². The lowest BCUT2D eigenvalue weighted by Crippen LogP contribution is -1.96. The zero-order valence-corrected chi connectivity index (χ0v) is 7.40. The molecule has 0 rings (SSSR count). The summed E-state index contributed by atoms with van der Waals surface area (Å²) in [6, 6.07) is 0. The van der Waals surface area contributed by atoms with Crippen LogP contribution in [0.3, 0.4) is 0 Å². The maximum atomic E-state index is 4.04. The zero-order valence-electron chi connectivity index (χ0n) is 6.58. The van der Waals surface area contributed by atoms with Crippen molar-refractivity contribution >= 4 is 18.3 Å². The number of nitrogens with one attached hydrogen (secondary N) is 1. The lowest BCUT2D eigenvalue weighted by Gasteiger charge is -1.91. The van der Waals surface area contributed by atoms with Crippen LogP contribution < -0.4 is 4.72 Å². The zero-order chi connectivity index (χ0) is 8.53. The summed E-state index contributed by atoms with van der Waals surface area (Å²) in [5.41, 5.74) is 0.793. The van der Waals surface area contributed by atoms with Gasteiger partial charge in [0, 0.05) is 6.26 Å². The van der Waals surface area contributed by atoms with Crippen LogP contribution in [0.5, 0.6) is 0 Å². The summed E-state index contributed by atoms with van der Waals surface area (Å²) in [4.78, 5) is 4.04. The predicted octanol–water partition coefficient (Wildman–Crippen LogP) is 2.14. The van der Waals surface area contributed by atoms with Crippen LogP contribution in [0.15, 0.2) is 42.1 Å². The van der Waals surface area contributed by atoms with Crippen LogP contribution >= 0.6 is 11.9 Å². The van der Waals surface area contributed by atoms with Gasteiger partial charge in [-0.15, -0.1) is 0 Å². The third-order valence-corrected chi connectivity index (χ3v) is 1.22. The molecule has 0 aliphatic rings. The smallest absolute Gasteiger partial charge is 0.0985 e. The van der Waals surface area contributed by atoms with E-state index in [1.165, 1.54) is 11.9 Å². The van der Waals surface area contributed by atoms with Crippen LogP contribution in [-0.4, -0.2) is 12.6 Å². The molecule has 1 N–H and O–H groups in total. The normalized spacial score (nSPS) is 11.5. The number of hydrogen-bond acceptors (Lipinski definition) is 2. The molecule has 0 aliphatic carbocycles. The summed E-state index contributed by atoms with van der Waals surface area (Å²) in [5, 5.41) is 0. The van der Waals surface area contributed by atoms with Gasteiger partial charge in [-0.3, -0.25) is 0 Å². The van der Waals surface area contributed by atoms with Crippen molar-refractivity contribution in [3.63, 3.8) is 0 Å². The first-order valence-corrected chi connectivity index (χ1v) is 4.33. The molecule has 0 aliphatic heterocycles. The van der Waals surface area contributed by atoms with E-state index in [1.54, 1.807) is 24.6 Å². The van der Waals surface area contributed by atoms with E-state index in [4.69, 9.17) is 0 Å². The molecule has 0 saturated heterocycles. The van der Waals surface area contributed by atoms with Crippen LogP contribution in [0.25, 0.3) is 0 Å². The predicted molar refractivity (Wildman–Crippen MR) is 53.6 cm³/mol. The van der Waals surface area contributed by atoms with Crippen molar-refractivity contribution in [3.8, 4) is 0 Å². The largest absolute Gasteiger partial charge is 0.321 e. The van der Waals surface area contributed by atoms with E-state index in [2.05, 4.69) is 22.9 Å². The van der Waals surface area contributed by atoms with Crippen molar-refractivity contribution < 1.29 is 0 Å². The van der Waals surface area contributed by atoms with Crippen molar-refractivity contribution in [1.82, 2.24) is 4.72 Å². The molecule has 0 aromatic heterocycles. The fourth-order valence-corrected chi connectivity index (χ4v) is 0.596. The van der Waals surface area contributed by atoms with Crippen molar-refractivity contribution in [2.24, 2.45) is 4.99 Å². The van der Waals surface area contributed by atoms with Crippen molar-refractivity contribution in [1.29, 1.82) is 0 Å². The molecule has 0 aromatic rings. The molecule has 0 atom stereocenters. The fourth-order valence-electron chi connectivity index (χ4n) is 0.438. The Morgan fingerprint density at radius 2 is 2.27 bits per heavy atom. The number of hydrogen-bond donors (Lipinski definition) is 1. The van der Waals surface area contributed by atoms with E-state index in [9.17, 15) is 0 Å². The highest BCUT2D eigenvalue weighted by Crippen LogP contribution is 1.95. The summed E-state index contributed by atoms with van der Waals surface area (Å²) >= 11 is 1.49. The van der Waals surface area contributed by atoms with Gasteiger partial charge < -0.3 is 4.72 Å². The van der Waals surface area contributed by atoms with Gasteiger partial charge in [0.1, 0.15) is 0 Å². The SMILES string of the molecule is C=C/C=C(\C=C)N=CNSC. The summed E-state index contributed by atoms with van der Waals surface area (Å²) < 4.78 is 2.87. The molecule has 0 saturated carbocycles. The Balaban J connectivity index is 3.96. The Morgan fingerprint density at radius 3 is 2.73 bits per heavy atom. The van der Waals surface area contributed by atoms with Gasteiger partial charge in [0.05, 0.1) is 12.0 Å². The Morgan fingerprint density at radius 1 is 1.55 bits per heavy atom. The van der Waals surface area contributed by atoms with E-state index in [1.807, 2.05) is 6.26 Å². The third kappa shape index (κ3) is 5.48. The number of nitrogens with zero attached hydrogens (tertiary/aromatic N) is 1. The van der Waals surface area contributed by atoms with Crippen LogP contribution in [0.4, 0.5) is 0 Å². The van der Waals surface area contributed by atoms with Gasteiger partial charge in [-0.25, -0.2) is 4.99 Å². The summed E-state index contributed by atoms with van der Waals surface area (Å²) in [6.07, 6.45) is 8.66. The average Bonchev–Trinajstić information content (AvgIpc) is 2.03. The maximum absolute atomic E-state index is 4.04. The number of aliphatic imine (C=N–C) groups is 1. The maximum Gasteiger partial charge on any atom is 0.0985 e. The summed E-state index contributed by atoms with van der Waals surface area (Å²) in [6.45, 7) is 7.15. The van der Waals surface area contributed by atoms with Crippen LogP contribution in [0, 0.1) is 0 Å². The minimum atomic E-state index is 0.793. The molecular formula is C8H12N2S. The topological polar surface area (TPSA) is 24.4 Å². The minimum Gasteiger partial charge on any atom is -0.321 e. The minimum absolute atomic E-state index is 0.793. The Kier molecular flexibility index (Phi) is 6.53. The van der Waals surface area contributed by atoms with Crippen molar-refractivity contribution in [2.45, 2.75) is 0 Å². The van der Waals surface area contributed by atoms with Gasteiger partial charge in [0.15, 0.2) is 0 Å². The van der Waals surface area contributed by atoms with Gasteiger partial charge in [-0.05, 0) is 12.2 Å². The molecule has 0 unspecified atom stereocenters. The van der Waals surface area contributed by atoms with Gasteiger partial charge >= 0.3 is 0 Å². The molecule has 11 heavy (non-hydrogen) atoms. The second-order valence-electron chi connectivity index (χ2n) is 1.61. The molecule has 0 radical (unpaired) electrons. The van der Waals surface area contributed by atoms with Crippen LogP contribution in [0.1, 0.15) is 0 Å². The van der Waals surface area contributed by atoms with Crippen LogP contribution in [0.2, 0.25) is 0 Å². The fraction of sp³-hybridized carbons (Fsp3) is 0.125. The van der Waals surface area contributed by atoms with Crippen molar-refractivity contribution in [3.05, 3.63) is 37.1 Å². The molecule has 0 aromatic carbocycles.